The van der Waals surface area contributed by atoms with Gasteiger partial charge in [0.25, 0.3) is 10.1 Å². The van der Waals surface area contributed by atoms with Crippen molar-refractivity contribution < 1.29 is 36.8 Å². The highest BCUT2D eigenvalue weighted by molar-refractivity contribution is 7.86. The van der Waals surface area contributed by atoms with Gasteiger partial charge in [0.15, 0.2) is 11.5 Å². The zero-order valence-corrected chi connectivity index (χ0v) is 16.4. The van der Waals surface area contributed by atoms with Crippen LogP contribution in [0.1, 0.15) is 15.9 Å². The maximum Gasteiger partial charge on any atom is 0.397 e. The molecule has 0 heterocycles. The van der Waals surface area contributed by atoms with E-state index in [9.17, 15) is 27.2 Å². The summed E-state index contributed by atoms with van der Waals surface area (Å²) < 4.78 is 49.4. The lowest BCUT2D eigenvalue weighted by atomic mass is 10.0. The Kier molecular flexibility index (Phi) is 5.97. The van der Waals surface area contributed by atoms with Gasteiger partial charge in [0.05, 0.1) is 10.9 Å². The molecule has 2 N–H and O–H groups in total. The van der Waals surface area contributed by atoms with E-state index in [0.29, 0.717) is 5.56 Å². The Morgan fingerprint density at radius 3 is 2.14 bits per heavy atom. The van der Waals surface area contributed by atoms with Crippen molar-refractivity contribution in [2.75, 3.05) is 0 Å². The SMILES string of the molecule is O=C(c1ccccc1)c1ccccc1OOP(=O)(O)c1ccccc1S(=O)(=O)O. The van der Waals surface area contributed by atoms with E-state index in [1.54, 1.807) is 36.4 Å². The van der Waals surface area contributed by atoms with Gasteiger partial charge in [-0.2, -0.15) is 8.42 Å². The molecule has 0 radical (unpaired) electrons. The van der Waals surface area contributed by atoms with Crippen LogP contribution in [0.4, 0.5) is 0 Å². The van der Waals surface area contributed by atoms with Crippen LogP contribution in [0, 0.1) is 0 Å². The van der Waals surface area contributed by atoms with Crippen LogP contribution in [-0.2, 0) is 19.4 Å². The Balaban J connectivity index is 1.90. The van der Waals surface area contributed by atoms with E-state index in [0.717, 1.165) is 12.1 Å². The van der Waals surface area contributed by atoms with Crippen molar-refractivity contribution in [3.05, 3.63) is 90.0 Å². The second kappa shape index (κ2) is 8.28. The number of para-hydroxylation sites is 1. The van der Waals surface area contributed by atoms with Crippen molar-refractivity contribution in [2.24, 2.45) is 0 Å². The maximum absolute atomic E-state index is 12.7. The van der Waals surface area contributed by atoms with E-state index in [1.165, 1.54) is 30.3 Å². The lowest BCUT2D eigenvalue weighted by Gasteiger charge is -2.15. The highest BCUT2D eigenvalue weighted by atomic mass is 32.2. The van der Waals surface area contributed by atoms with Crippen LogP contribution in [0.25, 0.3) is 0 Å². The summed E-state index contributed by atoms with van der Waals surface area (Å²) in [5.41, 5.74) is 0.439. The minimum Gasteiger partial charge on any atom is -0.328 e. The average molecular weight is 434 g/mol. The van der Waals surface area contributed by atoms with Gasteiger partial charge in [-0.15, -0.1) is 0 Å². The lowest BCUT2D eigenvalue weighted by molar-refractivity contribution is -0.106. The van der Waals surface area contributed by atoms with Crippen LogP contribution in [-0.4, -0.2) is 23.6 Å². The Labute approximate surface area is 166 Å². The molecule has 0 saturated heterocycles. The summed E-state index contributed by atoms with van der Waals surface area (Å²) in [5.74, 6) is -0.545. The first-order chi connectivity index (χ1) is 13.7. The van der Waals surface area contributed by atoms with Crippen LogP contribution >= 0.6 is 7.60 Å². The first-order valence-corrected chi connectivity index (χ1v) is 11.2. The molecular weight excluding hydrogens is 419 g/mol. The van der Waals surface area contributed by atoms with Crippen molar-refractivity contribution >= 4 is 28.8 Å². The van der Waals surface area contributed by atoms with E-state index in [2.05, 4.69) is 4.67 Å². The predicted molar refractivity (Wildman–Crippen MR) is 104 cm³/mol. The molecule has 3 rings (SSSR count). The Morgan fingerprint density at radius 2 is 1.45 bits per heavy atom. The van der Waals surface area contributed by atoms with Gasteiger partial charge >= 0.3 is 7.60 Å². The fourth-order valence-corrected chi connectivity index (χ4v) is 4.68. The third kappa shape index (κ3) is 4.79. The molecular formula is C19H15O8PS. The van der Waals surface area contributed by atoms with E-state index < -0.39 is 33.7 Å². The second-order valence-corrected chi connectivity index (χ2v) is 8.87. The molecule has 0 bridgehead atoms. The van der Waals surface area contributed by atoms with Crippen molar-refractivity contribution in [3.63, 3.8) is 0 Å². The molecule has 0 fully saturated rings. The van der Waals surface area contributed by atoms with Gasteiger partial charge in [-0.3, -0.25) is 13.9 Å². The molecule has 3 aromatic rings. The first kappa shape index (κ1) is 20.9. The topological polar surface area (TPSA) is 127 Å². The standard InChI is InChI=1S/C19H15O8PS/c20-19(14-8-2-1-3-9-14)15-10-4-5-11-16(15)26-27-28(21,22)17-12-6-7-13-18(17)29(23,24)25/h1-13H,(H,21,22)(H,23,24,25). The average Bonchev–Trinajstić information content (AvgIpc) is 2.72. The minimum absolute atomic E-state index is 0.0711. The second-order valence-electron chi connectivity index (χ2n) is 5.81. The van der Waals surface area contributed by atoms with Crippen LogP contribution < -0.4 is 10.2 Å². The van der Waals surface area contributed by atoms with Crippen molar-refractivity contribution in [1.82, 2.24) is 0 Å². The first-order valence-electron chi connectivity index (χ1n) is 8.15. The molecule has 0 amide bonds. The van der Waals surface area contributed by atoms with Gasteiger partial charge in [-0.1, -0.05) is 59.3 Å². The lowest BCUT2D eigenvalue weighted by Crippen LogP contribution is -2.18. The van der Waals surface area contributed by atoms with Crippen LogP contribution in [0.2, 0.25) is 0 Å². The number of hydrogen-bond donors (Lipinski definition) is 2. The molecule has 1 atom stereocenters. The van der Waals surface area contributed by atoms with Crippen molar-refractivity contribution in [2.45, 2.75) is 4.90 Å². The molecule has 10 heteroatoms. The van der Waals surface area contributed by atoms with Crippen LogP contribution in [0.5, 0.6) is 5.75 Å². The van der Waals surface area contributed by atoms with Crippen molar-refractivity contribution in [3.8, 4) is 5.75 Å². The summed E-state index contributed by atoms with van der Waals surface area (Å²) in [7, 11) is -9.62. The van der Waals surface area contributed by atoms with E-state index in [4.69, 9.17) is 4.89 Å². The molecule has 0 aliphatic rings. The highest BCUT2D eigenvalue weighted by Gasteiger charge is 2.33. The zero-order valence-electron chi connectivity index (χ0n) is 14.7. The smallest absolute Gasteiger partial charge is 0.328 e. The fraction of sp³-hybridized carbons (Fsp3) is 0. The summed E-state index contributed by atoms with van der Waals surface area (Å²) in [6, 6.07) is 18.7. The largest absolute Gasteiger partial charge is 0.397 e. The molecule has 0 aliphatic heterocycles. The zero-order chi connectivity index (χ0) is 21.1. The minimum atomic E-state index is -4.84. The monoisotopic (exact) mass is 434 g/mol. The molecule has 8 nitrogen and oxygen atoms in total. The highest BCUT2D eigenvalue weighted by Crippen LogP contribution is 2.43. The van der Waals surface area contributed by atoms with Gasteiger partial charge in [0, 0.05) is 5.56 Å². The van der Waals surface area contributed by atoms with Crippen molar-refractivity contribution in [1.29, 1.82) is 0 Å². The van der Waals surface area contributed by atoms with E-state index in [1.807, 2.05) is 0 Å². The Bertz CT molecular complexity index is 1190. The molecule has 0 saturated carbocycles. The summed E-state index contributed by atoms with van der Waals surface area (Å²) in [4.78, 5) is 27.0. The molecule has 0 aromatic heterocycles. The van der Waals surface area contributed by atoms with Gasteiger partial charge in [0.1, 0.15) is 4.90 Å². The normalized spacial score (nSPS) is 13.4. The van der Waals surface area contributed by atoms with Gasteiger partial charge in [0.2, 0.25) is 0 Å². The molecule has 0 spiro atoms. The summed E-state index contributed by atoms with van der Waals surface area (Å²) in [6.45, 7) is 0. The molecule has 0 aliphatic carbocycles. The molecule has 3 aromatic carbocycles. The fourth-order valence-electron chi connectivity index (χ4n) is 2.51. The third-order valence-corrected chi connectivity index (χ3v) is 6.18. The van der Waals surface area contributed by atoms with Gasteiger partial charge < -0.3 is 9.78 Å². The molecule has 29 heavy (non-hydrogen) atoms. The number of hydrogen-bond acceptors (Lipinski definition) is 6. The van der Waals surface area contributed by atoms with E-state index in [-0.39, 0.29) is 11.3 Å². The Morgan fingerprint density at radius 1 is 0.862 bits per heavy atom. The summed E-state index contributed by atoms with van der Waals surface area (Å²) in [6.07, 6.45) is 0. The molecule has 150 valence electrons. The summed E-state index contributed by atoms with van der Waals surface area (Å²) in [5, 5.41) is -0.672. The van der Waals surface area contributed by atoms with Gasteiger partial charge in [-0.25, -0.2) is 0 Å². The summed E-state index contributed by atoms with van der Waals surface area (Å²) >= 11 is 0. The quantitative estimate of drug-likeness (QED) is 0.191. The predicted octanol–water partition coefficient (Wildman–Crippen LogP) is 2.99. The van der Waals surface area contributed by atoms with Crippen LogP contribution in [0.15, 0.2) is 83.8 Å². The third-order valence-electron chi connectivity index (χ3n) is 3.84. The van der Waals surface area contributed by atoms with E-state index >= 15 is 0 Å². The maximum atomic E-state index is 12.7. The number of carbonyl (C=O) groups is 1. The number of ketones is 1. The Hall–Kier alpha value is -2.81. The van der Waals surface area contributed by atoms with Gasteiger partial charge in [-0.05, 0) is 24.3 Å². The number of carbonyl (C=O) groups excluding carboxylic acids is 1. The van der Waals surface area contributed by atoms with Crippen LogP contribution in [0.3, 0.4) is 0 Å². The molecule has 1 unspecified atom stereocenters. The number of benzene rings is 3. The number of rotatable bonds is 7.